The van der Waals surface area contributed by atoms with Crippen LogP contribution in [0.5, 0.6) is 0 Å². The molecule has 2 aromatic heterocycles. The molecule has 1 aliphatic carbocycles. The molecule has 11 heteroatoms. The first kappa shape index (κ1) is 23.0. The zero-order chi connectivity index (χ0) is 23.2. The molecule has 1 fully saturated rings. The molecule has 4 rings (SSSR count). The van der Waals surface area contributed by atoms with E-state index in [1.165, 1.54) is 10.9 Å². The highest BCUT2D eigenvalue weighted by Crippen LogP contribution is 2.21. The predicted octanol–water partition coefficient (Wildman–Crippen LogP) is 2.89. The summed E-state index contributed by atoms with van der Waals surface area (Å²) in [6, 6.07) is 7.80. The molecule has 1 saturated carbocycles. The van der Waals surface area contributed by atoms with Crippen molar-refractivity contribution in [1.82, 2.24) is 25.1 Å². The van der Waals surface area contributed by atoms with Crippen molar-refractivity contribution in [2.75, 3.05) is 17.2 Å². The summed E-state index contributed by atoms with van der Waals surface area (Å²) in [5.41, 5.74) is 1.16. The van der Waals surface area contributed by atoms with Gasteiger partial charge in [0.25, 0.3) is 0 Å². The smallest absolute Gasteiger partial charge is 0.319 e. The van der Waals surface area contributed by atoms with Crippen LogP contribution in [0.25, 0.3) is 5.82 Å². The second kappa shape index (κ2) is 10.6. The van der Waals surface area contributed by atoms with Crippen molar-refractivity contribution in [2.45, 2.75) is 43.9 Å². The number of aliphatic hydroxyl groups excluding tert-OH is 2. The SMILES string of the molecule is O=C(Nc1cnn(-c2ccnc(N[C@H]3CC[C@H](O)CC3)n2)c1)NC(CO)c1cccc(Cl)c1. The number of nitrogens with zero attached hydrogens (tertiary/aromatic N) is 4. The van der Waals surface area contributed by atoms with Crippen LogP contribution in [0.3, 0.4) is 0 Å². The molecule has 174 valence electrons. The van der Waals surface area contributed by atoms with Crippen LogP contribution in [-0.4, -0.2) is 54.7 Å². The molecule has 1 aromatic carbocycles. The standard InChI is InChI=1S/C22H26ClN7O3/c23-15-3-1-2-14(10-15)19(13-31)28-22(33)27-17-11-25-30(12-17)20-8-9-24-21(29-20)26-16-4-6-18(32)7-5-16/h1-3,8-12,16,18-19,31-32H,4-7,13H2,(H,24,26,29)(H2,27,28,33)/t16-,18-,19?. The summed E-state index contributed by atoms with van der Waals surface area (Å²) in [6.45, 7) is -0.274. The van der Waals surface area contributed by atoms with Gasteiger partial charge in [-0.15, -0.1) is 0 Å². The van der Waals surface area contributed by atoms with E-state index in [0.717, 1.165) is 25.7 Å². The average Bonchev–Trinajstić information content (AvgIpc) is 3.27. The fraction of sp³-hybridized carbons (Fsp3) is 0.364. The minimum atomic E-state index is -0.602. The van der Waals surface area contributed by atoms with Gasteiger partial charge in [-0.05, 0) is 43.4 Å². The molecule has 2 heterocycles. The zero-order valence-corrected chi connectivity index (χ0v) is 18.6. The molecular formula is C22H26ClN7O3. The lowest BCUT2D eigenvalue weighted by Crippen LogP contribution is -2.34. The largest absolute Gasteiger partial charge is 0.394 e. The molecule has 1 unspecified atom stereocenters. The molecule has 33 heavy (non-hydrogen) atoms. The highest BCUT2D eigenvalue weighted by Gasteiger charge is 2.20. The molecule has 0 radical (unpaired) electrons. The van der Waals surface area contributed by atoms with Gasteiger partial charge in [-0.1, -0.05) is 23.7 Å². The maximum Gasteiger partial charge on any atom is 0.319 e. The molecule has 0 aliphatic heterocycles. The lowest BCUT2D eigenvalue weighted by Gasteiger charge is -2.26. The van der Waals surface area contributed by atoms with Crippen LogP contribution >= 0.6 is 11.6 Å². The van der Waals surface area contributed by atoms with E-state index in [2.05, 4.69) is 31.0 Å². The van der Waals surface area contributed by atoms with E-state index in [0.29, 0.717) is 28.0 Å². The van der Waals surface area contributed by atoms with Crippen LogP contribution in [0.4, 0.5) is 16.4 Å². The quantitative estimate of drug-likeness (QED) is 0.357. The Balaban J connectivity index is 1.37. The topological polar surface area (TPSA) is 137 Å². The molecular weight excluding hydrogens is 446 g/mol. The Bertz CT molecular complexity index is 1090. The third-order valence-corrected chi connectivity index (χ3v) is 5.72. The molecule has 0 saturated heterocycles. The molecule has 5 N–H and O–H groups in total. The number of halogens is 1. The molecule has 0 bridgehead atoms. The second-order valence-electron chi connectivity index (χ2n) is 7.95. The summed E-state index contributed by atoms with van der Waals surface area (Å²) in [5.74, 6) is 1.04. The van der Waals surface area contributed by atoms with E-state index in [-0.39, 0.29) is 18.8 Å². The van der Waals surface area contributed by atoms with Gasteiger partial charge < -0.3 is 26.2 Å². The lowest BCUT2D eigenvalue weighted by atomic mass is 9.93. The van der Waals surface area contributed by atoms with Crippen molar-refractivity contribution >= 4 is 29.3 Å². The van der Waals surface area contributed by atoms with Crippen molar-refractivity contribution in [3.8, 4) is 5.82 Å². The summed E-state index contributed by atoms with van der Waals surface area (Å²) in [4.78, 5) is 21.2. The van der Waals surface area contributed by atoms with E-state index in [1.54, 1.807) is 42.7 Å². The Kier molecular flexibility index (Phi) is 7.38. The van der Waals surface area contributed by atoms with E-state index in [4.69, 9.17) is 11.6 Å². The summed E-state index contributed by atoms with van der Waals surface area (Å²) >= 11 is 6.00. The first-order valence-corrected chi connectivity index (χ1v) is 11.1. The fourth-order valence-electron chi connectivity index (χ4n) is 3.74. The van der Waals surface area contributed by atoms with Gasteiger partial charge in [-0.3, -0.25) is 0 Å². The Morgan fingerprint density at radius 2 is 2.06 bits per heavy atom. The number of nitrogens with one attached hydrogen (secondary N) is 3. The third kappa shape index (κ3) is 6.19. The normalized spacial score (nSPS) is 19.0. The van der Waals surface area contributed by atoms with Gasteiger partial charge in [0.15, 0.2) is 5.82 Å². The van der Waals surface area contributed by atoms with Gasteiger partial charge in [-0.2, -0.15) is 10.1 Å². The lowest BCUT2D eigenvalue weighted by molar-refractivity contribution is 0.126. The van der Waals surface area contributed by atoms with Gasteiger partial charge in [0.1, 0.15) is 0 Å². The summed E-state index contributed by atoms with van der Waals surface area (Å²) in [6.07, 6.45) is 7.82. The zero-order valence-electron chi connectivity index (χ0n) is 17.9. The van der Waals surface area contributed by atoms with Crippen molar-refractivity contribution < 1.29 is 15.0 Å². The van der Waals surface area contributed by atoms with Crippen molar-refractivity contribution in [2.24, 2.45) is 0 Å². The number of carbonyl (C=O) groups is 1. The molecule has 2 amide bonds. The maximum absolute atomic E-state index is 12.4. The number of hydrogen-bond acceptors (Lipinski definition) is 7. The van der Waals surface area contributed by atoms with Gasteiger partial charge in [0.2, 0.25) is 5.95 Å². The molecule has 0 spiro atoms. The van der Waals surface area contributed by atoms with Crippen molar-refractivity contribution in [1.29, 1.82) is 0 Å². The summed E-state index contributed by atoms with van der Waals surface area (Å²) in [7, 11) is 0. The predicted molar refractivity (Wildman–Crippen MR) is 124 cm³/mol. The molecule has 1 atom stereocenters. The Hall–Kier alpha value is -3.21. The van der Waals surface area contributed by atoms with Crippen LogP contribution in [0.15, 0.2) is 48.9 Å². The maximum atomic E-state index is 12.4. The monoisotopic (exact) mass is 471 g/mol. The molecule has 10 nitrogen and oxygen atoms in total. The number of hydrogen-bond donors (Lipinski definition) is 5. The Morgan fingerprint density at radius 3 is 2.82 bits per heavy atom. The van der Waals surface area contributed by atoms with Crippen LogP contribution in [-0.2, 0) is 0 Å². The summed E-state index contributed by atoms with van der Waals surface area (Å²) in [5, 5.41) is 32.8. The van der Waals surface area contributed by atoms with Gasteiger partial charge >= 0.3 is 6.03 Å². The van der Waals surface area contributed by atoms with E-state index in [9.17, 15) is 15.0 Å². The number of aromatic nitrogens is 4. The first-order chi connectivity index (χ1) is 16.0. The Labute approximate surface area is 196 Å². The summed E-state index contributed by atoms with van der Waals surface area (Å²) < 4.78 is 1.54. The van der Waals surface area contributed by atoms with E-state index < -0.39 is 12.1 Å². The highest BCUT2D eigenvalue weighted by molar-refractivity contribution is 6.30. The number of benzene rings is 1. The fourth-order valence-corrected chi connectivity index (χ4v) is 3.94. The molecule has 1 aliphatic rings. The number of rotatable bonds is 7. The Morgan fingerprint density at radius 1 is 1.24 bits per heavy atom. The van der Waals surface area contributed by atoms with Crippen LogP contribution < -0.4 is 16.0 Å². The number of amides is 2. The van der Waals surface area contributed by atoms with Crippen LogP contribution in [0.2, 0.25) is 5.02 Å². The first-order valence-electron chi connectivity index (χ1n) is 10.8. The van der Waals surface area contributed by atoms with Gasteiger partial charge in [-0.25, -0.2) is 14.5 Å². The number of anilines is 2. The highest BCUT2D eigenvalue weighted by atomic mass is 35.5. The van der Waals surface area contributed by atoms with Crippen LogP contribution in [0.1, 0.15) is 37.3 Å². The van der Waals surface area contributed by atoms with E-state index in [1.807, 2.05) is 0 Å². The van der Waals surface area contributed by atoms with Crippen molar-refractivity contribution in [3.05, 3.63) is 59.5 Å². The number of aliphatic hydroxyl groups is 2. The minimum Gasteiger partial charge on any atom is -0.394 e. The van der Waals surface area contributed by atoms with Gasteiger partial charge in [0.05, 0.1) is 36.8 Å². The molecule has 3 aromatic rings. The van der Waals surface area contributed by atoms with Crippen LogP contribution in [0, 0.1) is 0 Å². The second-order valence-corrected chi connectivity index (χ2v) is 8.39. The minimum absolute atomic E-state index is 0.222. The third-order valence-electron chi connectivity index (χ3n) is 5.48. The van der Waals surface area contributed by atoms with Crippen molar-refractivity contribution in [3.63, 3.8) is 0 Å². The van der Waals surface area contributed by atoms with Gasteiger partial charge in [0, 0.05) is 23.3 Å². The number of urea groups is 1. The average molecular weight is 472 g/mol. The number of carbonyl (C=O) groups excluding carboxylic acids is 1. The van der Waals surface area contributed by atoms with E-state index >= 15 is 0 Å².